The van der Waals surface area contributed by atoms with Gasteiger partial charge in [-0.3, -0.25) is 4.79 Å². The third kappa shape index (κ3) is 4.61. The Morgan fingerprint density at radius 1 is 1.05 bits per heavy atom. The van der Waals surface area contributed by atoms with E-state index in [0.717, 1.165) is 11.3 Å². The van der Waals surface area contributed by atoms with Gasteiger partial charge in [0.1, 0.15) is 11.1 Å². The Morgan fingerprint density at radius 3 is 2.24 bits per heavy atom. The van der Waals surface area contributed by atoms with Crippen LogP contribution in [0, 0.1) is 0 Å². The van der Waals surface area contributed by atoms with Crippen molar-refractivity contribution in [3.8, 4) is 5.75 Å². The molecule has 0 aromatic heterocycles. The van der Waals surface area contributed by atoms with E-state index in [2.05, 4.69) is 0 Å². The van der Waals surface area contributed by atoms with Crippen LogP contribution in [0.15, 0.2) is 54.6 Å². The molecule has 0 radical (unpaired) electrons. The van der Waals surface area contributed by atoms with E-state index >= 15 is 0 Å². The van der Waals surface area contributed by atoms with Crippen molar-refractivity contribution in [1.82, 2.24) is 0 Å². The highest BCUT2D eigenvalue weighted by atomic mass is 35.5. The number of rotatable bonds is 6. The van der Waals surface area contributed by atoms with Gasteiger partial charge < -0.3 is 4.74 Å². The van der Waals surface area contributed by atoms with Crippen LogP contribution in [0.4, 0.5) is 0 Å². The van der Waals surface area contributed by atoms with Gasteiger partial charge in [-0.2, -0.15) is 0 Å². The highest BCUT2D eigenvalue weighted by molar-refractivity contribution is 6.34. The van der Waals surface area contributed by atoms with Crippen LogP contribution in [-0.4, -0.2) is 17.3 Å². The Balaban J connectivity index is 1.99. The summed E-state index contributed by atoms with van der Waals surface area (Å²) in [7, 11) is 0. The molecule has 0 saturated carbocycles. The van der Waals surface area contributed by atoms with Gasteiger partial charge in [-0.15, -0.1) is 11.6 Å². The zero-order chi connectivity index (χ0) is 15.2. The van der Waals surface area contributed by atoms with Crippen LogP contribution in [0.25, 0.3) is 0 Å². The van der Waals surface area contributed by atoms with Crippen LogP contribution in [0.2, 0.25) is 0 Å². The van der Waals surface area contributed by atoms with Crippen molar-refractivity contribution in [2.24, 2.45) is 0 Å². The van der Waals surface area contributed by atoms with Crippen LogP contribution in [0.1, 0.15) is 29.8 Å². The van der Waals surface area contributed by atoms with Crippen molar-refractivity contribution >= 4 is 17.4 Å². The standard InChI is InChI=1S/C18H19ClO2/c1-13(2)21-16-10-8-14(9-11-16)12-17(19)18(20)15-6-4-3-5-7-15/h3-11,13,17H,12H2,1-2H3. The highest BCUT2D eigenvalue weighted by Crippen LogP contribution is 2.18. The largest absolute Gasteiger partial charge is 0.491 e. The molecule has 0 bridgehead atoms. The van der Waals surface area contributed by atoms with Crippen LogP contribution >= 0.6 is 11.6 Å². The number of hydrogen-bond acceptors (Lipinski definition) is 2. The molecule has 0 fully saturated rings. The second-order valence-electron chi connectivity index (χ2n) is 5.21. The van der Waals surface area contributed by atoms with Crippen LogP contribution in [0.5, 0.6) is 5.75 Å². The van der Waals surface area contributed by atoms with Crippen molar-refractivity contribution < 1.29 is 9.53 Å². The normalized spacial score (nSPS) is 12.2. The molecule has 0 saturated heterocycles. The molecule has 2 aromatic rings. The van der Waals surface area contributed by atoms with E-state index < -0.39 is 5.38 Å². The molecule has 0 aliphatic carbocycles. The SMILES string of the molecule is CC(C)Oc1ccc(CC(Cl)C(=O)c2ccccc2)cc1. The maximum Gasteiger partial charge on any atom is 0.180 e. The summed E-state index contributed by atoms with van der Waals surface area (Å²) >= 11 is 6.24. The van der Waals surface area contributed by atoms with E-state index in [1.54, 1.807) is 12.1 Å². The number of halogens is 1. The maximum absolute atomic E-state index is 12.2. The Hall–Kier alpha value is -1.80. The summed E-state index contributed by atoms with van der Waals surface area (Å²) in [5.74, 6) is 0.786. The topological polar surface area (TPSA) is 26.3 Å². The molecule has 110 valence electrons. The number of Topliss-reactive ketones (excluding diaryl/α,β-unsaturated/α-hetero) is 1. The zero-order valence-corrected chi connectivity index (χ0v) is 13.0. The van der Waals surface area contributed by atoms with Gasteiger partial charge in [0.15, 0.2) is 5.78 Å². The lowest BCUT2D eigenvalue weighted by molar-refractivity contribution is 0.0986. The Kier molecular flexibility index (Phi) is 5.40. The minimum Gasteiger partial charge on any atom is -0.491 e. The number of ketones is 1. The van der Waals surface area contributed by atoms with Gasteiger partial charge in [-0.05, 0) is 38.0 Å². The molecule has 3 heteroatoms. The van der Waals surface area contributed by atoms with Gasteiger partial charge in [0, 0.05) is 5.56 Å². The summed E-state index contributed by atoms with van der Waals surface area (Å²) in [6.07, 6.45) is 0.660. The summed E-state index contributed by atoms with van der Waals surface area (Å²) in [5, 5.41) is -0.552. The average Bonchev–Trinajstić information content (AvgIpc) is 2.49. The molecule has 0 amide bonds. The van der Waals surface area contributed by atoms with Gasteiger partial charge in [-0.1, -0.05) is 42.5 Å². The minimum absolute atomic E-state index is 0.0419. The van der Waals surface area contributed by atoms with Crippen molar-refractivity contribution in [3.63, 3.8) is 0 Å². The first-order chi connectivity index (χ1) is 10.1. The molecule has 0 spiro atoms. The van der Waals surface area contributed by atoms with E-state index in [1.807, 2.05) is 56.3 Å². The molecule has 2 rings (SSSR count). The summed E-state index contributed by atoms with van der Waals surface area (Å²) in [4.78, 5) is 12.2. The van der Waals surface area contributed by atoms with Crippen molar-refractivity contribution in [3.05, 3.63) is 65.7 Å². The summed E-state index contributed by atoms with van der Waals surface area (Å²) < 4.78 is 5.59. The number of benzene rings is 2. The molecular formula is C18H19ClO2. The van der Waals surface area contributed by atoms with Gasteiger partial charge in [0.05, 0.1) is 6.10 Å². The van der Waals surface area contributed by atoms with E-state index in [1.165, 1.54) is 0 Å². The maximum atomic E-state index is 12.2. The van der Waals surface area contributed by atoms with Crippen molar-refractivity contribution in [2.75, 3.05) is 0 Å². The van der Waals surface area contributed by atoms with Gasteiger partial charge in [-0.25, -0.2) is 0 Å². The predicted molar refractivity (Wildman–Crippen MR) is 86.3 cm³/mol. The minimum atomic E-state index is -0.552. The Labute approximate surface area is 130 Å². The Morgan fingerprint density at radius 2 is 1.67 bits per heavy atom. The molecule has 0 aliphatic heterocycles. The van der Waals surface area contributed by atoms with E-state index in [9.17, 15) is 4.79 Å². The molecule has 1 unspecified atom stereocenters. The molecule has 0 N–H and O–H groups in total. The molecule has 0 heterocycles. The molecule has 21 heavy (non-hydrogen) atoms. The van der Waals surface area contributed by atoms with Gasteiger partial charge >= 0.3 is 0 Å². The number of carbonyl (C=O) groups is 1. The smallest absolute Gasteiger partial charge is 0.180 e. The average molecular weight is 303 g/mol. The highest BCUT2D eigenvalue weighted by Gasteiger charge is 2.17. The van der Waals surface area contributed by atoms with Gasteiger partial charge in [0.2, 0.25) is 0 Å². The Bertz CT molecular complexity index is 576. The molecular weight excluding hydrogens is 284 g/mol. The fourth-order valence-electron chi connectivity index (χ4n) is 2.06. The zero-order valence-electron chi connectivity index (χ0n) is 12.3. The lowest BCUT2D eigenvalue weighted by Crippen LogP contribution is -2.17. The number of ether oxygens (including phenoxy) is 1. The fourth-order valence-corrected chi connectivity index (χ4v) is 2.36. The quantitative estimate of drug-likeness (QED) is 0.580. The first-order valence-electron chi connectivity index (χ1n) is 7.05. The molecule has 0 aliphatic rings. The first kappa shape index (κ1) is 15.6. The van der Waals surface area contributed by atoms with Gasteiger partial charge in [0.25, 0.3) is 0 Å². The molecule has 2 nitrogen and oxygen atoms in total. The van der Waals surface area contributed by atoms with E-state index in [4.69, 9.17) is 16.3 Å². The lowest BCUT2D eigenvalue weighted by Gasteiger charge is -2.11. The third-order valence-corrected chi connectivity index (χ3v) is 3.41. The van der Waals surface area contributed by atoms with E-state index in [0.29, 0.717) is 12.0 Å². The van der Waals surface area contributed by atoms with Crippen LogP contribution in [-0.2, 0) is 6.42 Å². The lowest BCUT2D eigenvalue weighted by atomic mass is 10.0. The van der Waals surface area contributed by atoms with Crippen LogP contribution in [0.3, 0.4) is 0 Å². The molecule has 2 aromatic carbocycles. The summed E-state index contributed by atoms with van der Waals surface area (Å²) in [6.45, 7) is 3.97. The van der Waals surface area contributed by atoms with Crippen LogP contribution < -0.4 is 4.74 Å². The third-order valence-electron chi connectivity index (χ3n) is 3.05. The second-order valence-corrected chi connectivity index (χ2v) is 5.74. The monoisotopic (exact) mass is 302 g/mol. The number of alkyl halides is 1. The number of hydrogen-bond donors (Lipinski definition) is 0. The summed E-state index contributed by atoms with van der Waals surface area (Å²) in [6, 6.07) is 16.9. The number of carbonyl (C=O) groups excluding carboxylic acids is 1. The fraction of sp³-hybridized carbons (Fsp3) is 0.278. The summed E-state index contributed by atoms with van der Waals surface area (Å²) in [5.41, 5.74) is 1.67. The van der Waals surface area contributed by atoms with Crippen molar-refractivity contribution in [1.29, 1.82) is 0 Å². The molecule has 1 atom stereocenters. The first-order valence-corrected chi connectivity index (χ1v) is 7.49. The van der Waals surface area contributed by atoms with Crippen molar-refractivity contribution in [2.45, 2.75) is 31.7 Å². The second kappa shape index (κ2) is 7.28. The predicted octanol–water partition coefficient (Wildman–Crippen LogP) is 4.51. The van der Waals surface area contributed by atoms with E-state index in [-0.39, 0.29) is 11.9 Å².